The zero-order valence-electron chi connectivity index (χ0n) is 21.1. The Balaban J connectivity index is 1.00. The summed E-state index contributed by atoms with van der Waals surface area (Å²) in [7, 11) is 1.58. The summed E-state index contributed by atoms with van der Waals surface area (Å²) in [6, 6.07) is 13.0. The fourth-order valence-electron chi connectivity index (χ4n) is 5.95. The number of piperidine rings is 2. The molecule has 1 aromatic carbocycles. The molecule has 0 radical (unpaired) electrons. The van der Waals surface area contributed by atoms with E-state index in [9.17, 15) is 4.79 Å². The van der Waals surface area contributed by atoms with Gasteiger partial charge in [-0.05, 0) is 56.0 Å². The van der Waals surface area contributed by atoms with E-state index in [0.717, 1.165) is 56.3 Å². The van der Waals surface area contributed by atoms with Crippen molar-refractivity contribution >= 4 is 17.5 Å². The number of nitrogens with zero attached hydrogens (tertiary/aromatic N) is 4. The average Bonchev–Trinajstić information content (AvgIpc) is 3.20. The van der Waals surface area contributed by atoms with Crippen LogP contribution >= 0.6 is 0 Å². The summed E-state index contributed by atoms with van der Waals surface area (Å²) in [5, 5.41) is 0. The highest BCUT2D eigenvalue weighted by atomic mass is 16.6. The molecule has 1 saturated carbocycles. The van der Waals surface area contributed by atoms with Crippen LogP contribution in [0.4, 0.5) is 16.2 Å². The molecule has 36 heavy (non-hydrogen) atoms. The zero-order valence-corrected chi connectivity index (χ0v) is 21.1. The van der Waals surface area contributed by atoms with Gasteiger partial charge in [0.05, 0.1) is 25.5 Å². The van der Waals surface area contributed by atoms with Gasteiger partial charge in [-0.15, -0.1) is 0 Å². The zero-order chi connectivity index (χ0) is 24.5. The van der Waals surface area contributed by atoms with Crippen LogP contribution in [0.15, 0.2) is 42.6 Å². The third-order valence-corrected chi connectivity index (χ3v) is 8.46. The van der Waals surface area contributed by atoms with Crippen molar-refractivity contribution in [3.8, 4) is 11.6 Å². The van der Waals surface area contributed by atoms with E-state index in [1.807, 2.05) is 6.07 Å². The van der Waals surface area contributed by atoms with Crippen molar-refractivity contribution in [2.75, 3.05) is 49.6 Å². The third-order valence-electron chi connectivity index (χ3n) is 8.46. The van der Waals surface area contributed by atoms with Crippen molar-refractivity contribution < 1.29 is 19.0 Å². The molecule has 8 heteroatoms. The van der Waals surface area contributed by atoms with Gasteiger partial charge in [-0.2, -0.15) is 0 Å². The Morgan fingerprint density at radius 3 is 2.28 bits per heavy atom. The van der Waals surface area contributed by atoms with Gasteiger partial charge in [0.1, 0.15) is 17.5 Å². The molecule has 4 aliphatic rings. The SMILES string of the molecule is COc1ccc(N2CC3(CCN(c4ccc(OC5CCN(C6CCC6)CC5)cc4)CC3)OC2=O)cn1. The number of aromatic nitrogens is 1. The Hall–Kier alpha value is -3.00. The maximum Gasteiger partial charge on any atom is 0.415 e. The standard InChI is InChI=1S/C28H36N4O4/c1-34-26-10-7-23(19-29-26)32-20-28(36-27(32)33)13-17-31(18-14-28)22-5-8-24(9-6-22)35-25-11-15-30(16-12-25)21-3-2-4-21/h5-10,19,21,25H,2-4,11-18,20H2,1H3. The van der Waals surface area contributed by atoms with Gasteiger partial charge in [-0.25, -0.2) is 9.78 Å². The van der Waals surface area contributed by atoms with Gasteiger partial charge in [-0.1, -0.05) is 6.42 Å². The highest BCUT2D eigenvalue weighted by Gasteiger charge is 2.47. The number of carbonyl (C=O) groups excluding carboxylic acids is 1. The summed E-state index contributed by atoms with van der Waals surface area (Å²) in [6.45, 7) is 4.59. The Labute approximate surface area is 213 Å². The molecule has 4 fully saturated rings. The van der Waals surface area contributed by atoms with Crippen LogP contribution in [0.3, 0.4) is 0 Å². The van der Waals surface area contributed by atoms with Gasteiger partial charge in [0, 0.05) is 56.8 Å². The van der Waals surface area contributed by atoms with Crippen molar-refractivity contribution in [1.82, 2.24) is 9.88 Å². The summed E-state index contributed by atoms with van der Waals surface area (Å²) in [5.74, 6) is 1.49. The molecule has 6 rings (SSSR count). The molecule has 3 aliphatic heterocycles. The van der Waals surface area contributed by atoms with Crippen molar-refractivity contribution in [2.24, 2.45) is 0 Å². The van der Waals surface area contributed by atoms with E-state index in [0.29, 0.717) is 18.5 Å². The number of pyridine rings is 1. The summed E-state index contributed by atoms with van der Waals surface area (Å²) in [5.41, 5.74) is 1.49. The summed E-state index contributed by atoms with van der Waals surface area (Å²) < 4.78 is 17.3. The van der Waals surface area contributed by atoms with Crippen molar-refractivity contribution in [1.29, 1.82) is 0 Å². The number of hydrogen-bond acceptors (Lipinski definition) is 7. The Bertz CT molecular complexity index is 1040. The van der Waals surface area contributed by atoms with Crippen molar-refractivity contribution in [3.63, 3.8) is 0 Å². The molecule has 1 aromatic heterocycles. The molecule has 1 amide bonds. The van der Waals surface area contributed by atoms with E-state index in [1.54, 1.807) is 24.3 Å². The first-order chi connectivity index (χ1) is 17.6. The number of hydrogen-bond donors (Lipinski definition) is 0. The number of likely N-dealkylation sites (tertiary alicyclic amines) is 1. The quantitative estimate of drug-likeness (QED) is 0.589. The van der Waals surface area contributed by atoms with Crippen LogP contribution in [0.25, 0.3) is 0 Å². The normalized spacial score (nSPS) is 23.0. The largest absolute Gasteiger partial charge is 0.490 e. The molecule has 0 unspecified atom stereocenters. The smallest absolute Gasteiger partial charge is 0.415 e. The topological polar surface area (TPSA) is 67.4 Å². The lowest BCUT2D eigenvalue weighted by atomic mass is 9.90. The maximum absolute atomic E-state index is 12.6. The molecular formula is C28H36N4O4. The van der Waals surface area contributed by atoms with E-state index < -0.39 is 5.60 Å². The predicted molar refractivity (Wildman–Crippen MR) is 138 cm³/mol. The highest BCUT2D eigenvalue weighted by molar-refractivity contribution is 5.90. The van der Waals surface area contributed by atoms with Crippen LogP contribution < -0.4 is 19.3 Å². The summed E-state index contributed by atoms with van der Waals surface area (Å²) in [6.07, 6.45) is 9.69. The van der Waals surface area contributed by atoms with Gasteiger partial charge in [-0.3, -0.25) is 4.90 Å². The molecule has 1 aliphatic carbocycles. The number of carbonyl (C=O) groups is 1. The summed E-state index contributed by atoms with van der Waals surface area (Å²) >= 11 is 0. The average molecular weight is 493 g/mol. The van der Waals surface area contributed by atoms with Crippen LogP contribution in [0.2, 0.25) is 0 Å². The molecule has 3 saturated heterocycles. The molecule has 0 N–H and O–H groups in total. The lowest BCUT2D eigenvalue weighted by molar-refractivity contribution is 0.0366. The first-order valence-corrected chi connectivity index (χ1v) is 13.4. The number of methoxy groups -OCH3 is 1. The highest BCUT2D eigenvalue weighted by Crippen LogP contribution is 2.37. The van der Waals surface area contributed by atoms with Gasteiger partial charge >= 0.3 is 6.09 Å². The molecular weight excluding hydrogens is 456 g/mol. The fraction of sp³-hybridized carbons (Fsp3) is 0.571. The molecule has 0 atom stereocenters. The van der Waals surface area contributed by atoms with Crippen LogP contribution in [-0.4, -0.2) is 73.6 Å². The van der Waals surface area contributed by atoms with Crippen molar-refractivity contribution in [3.05, 3.63) is 42.6 Å². The number of anilines is 2. The maximum atomic E-state index is 12.6. The van der Waals surface area contributed by atoms with Crippen molar-refractivity contribution in [2.45, 2.75) is 62.7 Å². The Kier molecular flexibility index (Phi) is 6.37. The van der Waals surface area contributed by atoms with Gasteiger partial charge in [0.25, 0.3) is 0 Å². The monoisotopic (exact) mass is 492 g/mol. The second kappa shape index (κ2) is 9.81. The van der Waals surface area contributed by atoms with Gasteiger partial charge < -0.3 is 24.0 Å². The number of ether oxygens (including phenoxy) is 3. The molecule has 1 spiro atoms. The molecule has 192 valence electrons. The number of benzene rings is 1. The Morgan fingerprint density at radius 1 is 0.944 bits per heavy atom. The van der Waals surface area contributed by atoms with E-state index in [-0.39, 0.29) is 6.09 Å². The number of amides is 1. The van der Waals surface area contributed by atoms with Crippen LogP contribution in [-0.2, 0) is 4.74 Å². The van der Waals surface area contributed by atoms with Crippen LogP contribution in [0.1, 0.15) is 44.9 Å². The van der Waals surface area contributed by atoms with E-state index in [4.69, 9.17) is 14.2 Å². The van der Waals surface area contributed by atoms with Crippen LogP contribution in [0, 0.1) is 0 Å². The lowest BCUT2D eigenvalue weighted by Gasteiger charge is -2.41. The first kappa shape index (κ1) is 23.4. The van der Waals surface area contributed by atoms with E-state index >= 15 is 0 Å². The minimum atomic E-state index is -0.440. The minimum Gasteiger partial charge on any atom is -0.490 e. The second-order valence-corrected chi connectivity index (χ2v) is 10.6. The molecule has 0 bridgehead atoms. The molecule has 8 nitrogen and oxygen atoms in total. The number of rotatable bonds is 6. The minimum absolute atomic E-state index is 0.296. The van der Waals surface area contributed by atoms with Gasteiger partial charge in [0.2, 0.25) is 5.88 Å². The van der Waals surface area contributed by atoms with E-state index in [2.05, 4.69) is 39.0 Å². The van der Waals surface area contributed by atoms with Crippen LogP contribution in [0.5, 0.6) is 11.6 Å². The lowest BCUT2D eigenvalue weighted by Crippen LogP contribution is -2.47. The Morgan fingerprint density at radius 2 is 1.67 bits per heavy atom. The third kappa shape index (κ3) is 4.71. The predicted octanol–water partition coefficient (Wildman–Crippen LogP) is 4.48. The fourth-order valence-corrected chi connectivity index (χ4v) is 5.95. The summed E-state index contributed by atoms with van der Waals surface area (Å²) in [4.78, 5) is 23.6. The van der Waals surface area contributed by atoms with E-state index in [1.165, 1.54) is 38.0 Å². The molecule has 2 aromatic rings. The first-order valence-electron chi connectivity index (χ1n) is 13.4. The van der Waals surface area contributed by atoms with Gasteiger partial charge in [0.15, 0.2) is 0 Å². The second-order valence-electron chi connectivity index (χ2n) is 10.6. The molecule has 4 heterocycles.